The number of ether oxygens (including phenoxy) is 3. The molecule has 2 heterocycles. The lowest BCUT2D eigenvalue weighted by Crippen LogP contribution is -2.52. The van der Waals surface area contributed by atoms with Crippen LogP contribution in [0.15, 0.2) is 60.2 Å². The van der Waals surface area contributed by atoms with Gasteiger partial charge in [-0.25, -0.2) is 4.79 Å². The Bertz CT molecular complexity index is 1010. The van der Waals surface area contributed by atoms with Gasteiger partial charge < -0.3 is 14.2 Å². The van der Waals surface area contributed by atoms with E-state index < -0.39 is 5.79 Å². The second-order valence-electron chi connectivity index (χ2n) is 9.61. The highest BCUT2D eigenvalue weighted by Gasteiger charge is 2.40. The minimum absolute atomic E-state index is 0.0844. The molecular weight excluding hydrogens is 414 g/mol. The fourth-order valence-electron chi connectivity index (χ4n) is 5.84. The summed E-state index contributed by atoms with van der Waals surface area (Å²) in [6.45, 7) is 2.33. The first kappa shape index (κ1) is 22.2. The molecule has 2 aromatic rings. The standard InChI is InChI=1S/C28H33NO4/c1-28(31-2,32-3)17-19-15-20-9-8-10-21(16-19)29(20)27(30)33-18-26-24-13-6-4-11-22(24)23-12-5-7-14-25(23)26/h4-7,11-15,20-21,26H,8-10,16-18H2,1-3H3. The predicted molar refractivity (Wildman–Crippen MR) is 128 cm³/mol. The van der Waals surface area contributed by atoms with Crippen molar-refractivity contribution in [2.24, 2.45) is 0 Å². The Morgan fingerprint density at radius 2 is 1.64 bits per heavy atom. The minimum atomic E-state index is -0.633. The first-order chi connectivity index (χ1) is 16.0. The third-order valence-corrected chi connectivity index (χ3v) is 7.67. The van der Waals surface area contributed by atoms with E-state index in [1.54, 1.807) is 14.2 Å². The van der Waals surface area contributed by atoms with Crippen molar-refractivity contribution in [3.63, 3.8) is 0 Å². The molecule has 33 heavy (non-hydrogen) atoms. The van der Waals surface area contributed by atoms with Gasteiger partial charge in [0.2, 0.25) is 0 Å². The molecule has 0 N–H and O–H groups in total. The zero-order valence-corrected chi connectivity index (χ0v) is 19.8. The van der Waals surface area contributed by atoms with Crippen LogP contribution < -0.4 is 0 Å². The second kappa shape index (κ2) is 8.96. The number of carbonyl (C=O) groups excluding carboxylic acids is 1. The van der Waals surface area contributed by atoms with E-state index in [0.717, 1.165) is 25.7 Å². The summed E-state index contributed by atoms with van der Waals surface area (Å²) in [5, 5.41) is 0. The van der Waals surface area contributed by atoms with Gasteiger partial charge in [-0.3, -0.25) is 4.90 Å². The van der Waals surface area contributed by atoms with E-state index in [0.29, 0.717) is 13.0 Å². The van der Waals surface area contributed by atoms with Crippen LogP contribution in [0.5, 0.6) is 0 Å². The number of benzene rings is 2. The number of piperidine rings is 1. The summed E-state index contributed by atoms with van der Waals surface area (Å²) in [4.78, 5) is 15.3. The molecule has 5 heteroatoms. The van der Waals surface area contributed by atoms with Gasteiger partial charge >= 0.3 is 6.09 Å². The fraction of sp³-hybridized carbons (Fsp3) is 0.464. The summed E-state index contributed by atoms with van der Waals surface area (Å²) in [7, 11) is 3.35. The van der Waals surface area contributed by atoms with Crippen LogP contribution in [0.25, 0.3) is 11.1 Å². The number of nitrogens with zero attached hydrogens (tertiary/aromatic N) is 1. The van der Waals surface area contributed by atoms with Gasteiger partial charge in [-0.15, -0.1) is 0 Å². The molecule has 3 aliphatic rings. The zero-order chi connectivity index (χ0) is 23.0. The van der Waals surface area contributed by atoms with Crippen molar-refractivity contribution in [2.75, 3.05) is 20.8 Å². The highest BCUT2D eigenvalue weighted by Crippen LogP contribution is 2.45. The molecule has 174 valence electrons. The molecule has 0 spiro atoms. The predicted octanol–water partition coefficient (Wildman–Crippen LogP) is 5.89. The summed E-state index contributed by atoms with van der Waals surface area (Å²) in [5.41, 5.74) is 6.28. The van der Waals surface area contributed by atoms with Gasteiger partial charge in [0.1, 0.15) is 6.61 Å². The number of methoxy groups -OCH3 is 2. The van der Waals surface area contributed by atoms with Crippen LogP contribution in [0.2, 0.25) is 0 Å². The van der Waals surface area contributed by atoms with Gasteiger partial charge in [0.05, 0.1) is 6.04 Å². The van der Waals surface area contributed by atoms with E-state index in [4.69, 9.17) is 14.2 Å². The summed E-state index contributed by atoms with van der Waals surface area (Å²) in [5.74, 6) is -0.548. The maximum absolute atomic E-state index is 13.3. The zero-order valence-electron chi connectivity index (χ0n) is 19.8. The lowest BCUT2D eigenvalue weighted by atomic mass is 9.83. The average molecular weight is 448 g/mol. The van der Waals surface area contributed by atoms with Crippen molar-refractivity contribution >= 4 is 6.09 Å². The van der Waals surface area contributed by atoms with Gasteiger partial charge in [-0.2, -0.15) is 0 Å². The van der Waals surface area contributed by atoms with Crippen LogP contribution in [0.4, 0.5) is 4.79 Å². The van der Waals surface area contributed by atoms with Crippen molar-refractivity contribution in [1.29, 1.82) is 0 Å². The molecule has 5 nitrogen and oxygen atoms in total. The summed E-state index contributed by atoms with van der Waals surface area (Å²) in [6.07, 6.45) is 6.73. The Morgan fingerprint density at radius 3 is 2.24 bits per heavy atom. The molecule has 0 aromatic heterocycles. The van der Waals surface area contributed by atoms with Crippen molar-refractivity contribution in [1.82, 2.24) is 4.90 Å². The molecule has 2 bridgehead atoms. The number of hydrogen-bond donors (Lipinski definition) is 0. The van der Waals surface area contributed by atoms with Crippen molar-refractivity contribution in [3.05, 3.63) is 71.3 Å². The smallest absolute Gasteiger partial charge is 0.410 e. The maximum atomic E-state index is 13.3. The summed E-state index contributed by atoms with van der Waals surface area (Å²) in [6, 6.07) is 17.2. The molecule has 0 radical (unpaired) electrons. The highest BCUT2D eigenvalue weighted by molar-refractivity contribution is 5.79. The van der Waals surface area contributed by atoms with Gasteiger partial charge in [0, 0.05) is 32.6 Å². The van der Waals surface area contributed by atoms with Crippen LogP contribution in [0.3, 0.4) is 0 Å². The molecular formula is C28H33NO4. The SMILES string of the molecule is COC(C)(CC1=CC2CCCC(C1)N2C(=O)OCC1c2ccccc2-c2ccccc21)OC. The number of rotatable bonds is 6. The van der Waals surface area contributed by atoms with E-state index in [1.165, 1.54) is 27.8 Å². The molecule has 0 saturated carbocycles. The first-order valence-electron chi connectivity index (χ1n) is 12.0. The van der Waals surface area contributed by atoms with Gasteiger partial charge in [-0.05, 0) is 54.9 Å². The lowest BCUT2D eigenvalue weighted by Gasteiger charge is -2.45. The quantitative estimate of drug-likeness (QED) is 0.409. The van der Waals surface area contributed by atoms with Crippen LogP contribution in [0.1, 0.15) is 56.1 Å². The fourth-order valence-corrected chi connectivity index (χ4v) is 5.84. The van der Waals surface area contributed by atoms with Crippen LogP contribution in [-0.4, -0.2) is 49.7 Å². The number of amides is 1. The Hall–Kier alpha value is -2.63. The molecule has 2 atom stereocenters. The van der Waals surface area contributed by atoms with E-state index in [9.17, 15) is 4.79 Å². The molecule has 2 unspecified atom stereocenters. The van der Waals surface area contributed by atoms with Crippen LogP contribution >= 0.6 is 0 Å². The second-order valence-corrected chi connectivity index (χ2v) is 9.61. The van der Waals surface area contributed by atoms with Gasteiger partial charge in [-0.1, -0.05) is 60.2 Å². The van der Waals surface area contributed by atoms with Crippen molar-refractivity contribution in [3.8, 4) is 11.1 Å². The van der Waals surface area contributed by atoms with E-state index in [2.05, 4.69) is 54.6 Å². The third kappa shape index (κ3) is 4.09. The monoisotopic (exact) mass is 447 g/mol. The van der Waals surface area contributed by atoms with Crippen LogP contribution in [0, 0.1) is 0 Å². The third-order valence-electron chi connectivity index (χ3n) is 7.67. The summed E-state index contributed by atoms with van der Waals surface area (Å²) >= 11 is 0. The van der Waals surface area contributed by atoms with Gasteiger partial charge in [0.15, 0.2) is 5.79 Å². The molecule has 2 aromatic carbocycles. The number of fused-ring (bicyclic) bond motifs is 5. The van der Waals surface area contributed by atoms with Crippen molar-refractivity contribution in [2.45, 2.75) is 62.8 Å². The van der Waals surface area contributed by atoms with Crippen LogP contribution in [-0.2, 0) is 14.2 Å². The Morgan fingerprint density at radius 1 is 1.00 bits per heavy atom. The van der Waals surface area contributed by atoms with E-state index >= 15 is 0 Å². The molecule has 1 saturated heterocycles. The molecule has 1 aliphatic carbocycles. The molecule has 5 rings (SSSR count). The Kier molecular flexibility index (Phi) is 6.02. The van der Waals surface area contributed by atoms with E-state index in [-0.39, 0.29) is 24.1 Å². The normalized spacial score (nSPS) is 21.9. The summed E-state index contributed by atoms with van der Waals surface area (Å²) < 4.78 is 17.1. The Labute approximate surface area is 196 Å². The first-order valence-corrected chi connectivity index (χ1v) is 12.0. The molecule has 1 amide bonds. The molecule has 2 aliphatic heterocycles. The maximum Gasteiger partial charge on any atom is 0.410 e. The van der Waals surface area contributed by atoms with Gasteiger partial charge in [0.25, 0.3) is 0 Å². The highest BCUT2D eigenvalue weighted by atomic mass is 16.7. The minimum Gasteiger partial charge on any atom is -0.448 e. The Balaban J connectivity index is 1.31. The number of carbonyl (C=O) groups is 1. The topological polar surface area (TPSA) is 48.0 Å². The largest absolute Gasteiger partial charge is 0.448 e. The lowest BCUT2D eigenvalue weighted by molar-refractivity contribution is -0.192. The number of hydrogen-bond acceptors (Lipinski definition) is 4. The average Bonchev–Trinajstić information content (AvgIpc) is 3.15. The van der Waals surface area contributed by atoms with Crippen molar-refractivity contribution < 1.29 is 19.0 Å². The molecule has 1 fully saturated rings. The van der Waals surface area contributed by atoms with E-state index in [1.807, 2.05) is 11.8 Å².